The minimum Gasteiger partial charge on any atom is -0.378 e. The highest BCUT2D eigenvalue weighted by Crippen LogP contribution is 2.41. The lowest BCUT2D eigenvalue weighted by Gasteiger charge is -2.43. The first-order valence-electron chi connectivity index (χ1n) is 13.1. The molecule has 0 radical (unpaired) electrons. The number of morpholine rings is 1. The molecule has 0 aromatic heterocycles. The zero-order valence-electron chi connectivity index (χ0n) is 19.2. The summed E-state index contributed by atoms with van der Waals surface area (Å²) in [4.78, 5) is 2.73. The van der Waals surface area contributed by atoms with Crippen molar-refractivity contribution in [3.05, 3.63) is 0 Å². The molecule has 4 saturated heterocycles. The molecule has 6 rings (SSSR count). The molecule has 1 N–H and O–H groups in total. The summed E-state index contributed by atoms with van der Waals surface area (Å²) in [6.45, 7) is 8.02. The van der Waals surface area contributed by atoms with Crippen molar-refractivity contribution in [1.29, 1.82) is 0 Å². The van der Waals surface area contributed by atoms with Gasteiger partial charge in [-0.15, -0.1) is 0 Å². The van der Waals surface area contributed by atoms with E-state index in [0.717, 1.165) is 51.4 Å². The number of nitrogens with one attached hydrogen (secondary N) is 1. The van der Waals surface area contributed by atoms with Gasteiger partial charge in [0.1, 0.15) is 0 Å². The monoisotopic (exact) mass is 420 g/mol. The molecule has 5 nitrogen and oxygen atoms in total. The lowest BCUT2D eigenvalue weighted by atomic mass is 9.71. The molecule has 6 aliphatic rings. The minimum absolute atomic E-state index is 0.0776. The normalized spacial score (nSPS) is 46.7. The van der Waals surface area contributed by atoms with Crippen LogP contribution in [0.3, 0.4) is 0 Å². The van der Waals surface area contributed by atoms with Gasteiger partial charge in [-0.3, -0.25) is 4.90 Å². The number of nitrogens with zero attached hydrogens (tertiary/aromatic N) is 1. The average Bonchev–Trinajstić information content (AvgIpc) is 3.02. The second kappa shape index (κ2) is 9.74. The molecule has 5 heteroatoms. The molecule has 2 saturated carbocycles. The topological polar surface area (TPSA) is 43.0 Å². The quantitative estimate of drug-likeness (QED) is 0.646. The Balaban J connectivity index is 1.30. The van der Waals surface area contributed by atoms with Crippen molar-refractivity contribution in [2.24, 2.45) is 11.8 Å². The summed E-state index contributed by atoms with van der Waals surface area (Å²) in [7, 11) is 0. The number of rotatable bonds is 0. The van der Waals surface area contributed by atoms with Crippen LogP contribution in [0.1, 0.15) is 77.6 Å². The molecule has 6 fully saturated rings. The third kappa shape index (κ3) is 4.47. The molecule has 0 aromatic rings. The Morgan fingerprint density at radius 3 is 2.60 bits per heavy atom. The van der Waals surface area contributed by atoms with Gasteiger partial charge in [0, 0.05) is 19.2 Å². The summed E-state index contributed by atoms with van der Waals surface area (Å²) in [5.74, 6) is 1.67. The van der Waals surface area contributed by atoms with Gasteiger partial charge in [-0.25, -0.2) is 0 Å². The SMILES string of the molecule is C[C@@H]1CC2(COCCN2)C2COC3CCC(CC3)C3CCCCC3OCCCCN21. The Kier molecular flexibility index (Phi) is 7.03. The summed E-state index contributed by atoms with van der Waals surface area (Å²) in [6.07, 6.45) is 15.2. The van der Waals surface area contributed by atoms with E-state index in [9.17, 15) is 0 Å². The molecule has 5 atom stereocenters. The lowest BCUT2D eigenvalue weighted by Crippen LogP contribution is -2.62. The van der Waals surface area contributed by atoms with Crippen molar-refractivity contribution in [2.45, 2.75) is 107 Å². The van der Waals surface area contributed by atoms with E-state index in [1.807, 2.05) is 0 Å². The van der Waals surface area contributed by atoms with Crippen LogP contribution in [0.4, 0.5) is 0 Å². The van der Waals surface area contributed by atoms with Gasteiger partial charge in [-0.2, -0.15) is 0 Å². The molecule has 0 aromatic carbocycles. The standard InChI is InChI=1S/C25H44N2O3/c1-19-16-25(18-28-15-12-26-25)24-17-30-21-10-8-20(9-11-21)22-6-2-3-7-23(22)29-14-5-4-13-27(19)24/h19-24,26H,2-18H2,1H3/t19-,20?,21?,22?,23?,24?,25?/m1/s1. The maximum absolute atomic E-state index is 6.66. The van der Waals surface area contributed by atoms with E-state index >= 15 is 0 Å². The molecule has 2 aliphatic carbocycles. The molecular formula is C25H44N2O3. The number of ether oxygens (including phenoxy) is 3. The van der Waals surface area contributed by atoms with Gasteiger partial charge in [0.05, 0.1) is 43.6 Å². The van der Waals surface area contributed by atoms with Gasteiger partial charge in [0.25, 0.3) is 0 Å². The highest BCUT2D eigenvalue weighted by Gasteiger charge is 2.51. The van der Waals surface area contributed by atoms with Crippen LogP contribution in [0, 0.1) is 11.8 Å². The van der Waals surface area contributed by atoms with Gasteiger partial charge < -0.3 is 19.5 Å². The van der Waals surface area contributed by atoms with Gasteiger partial charge in [0.15, 0.2) is 0 Å². The molecule has 0 amide bonds. The van der Waals surface area contributed by atoms with Crippen LogP contribution in [0.25, 0.3) is 0 Å². The van der Waals surface area contributed by atoms with Crippen molar-refractivity contribution in [3.8, 4) is 0 Å². The molecule has 30 heavy (non-hydrogen) atoms. The maximum atomic E-state index is 6.66. The largest absolute Gasteiger partial charge is 0.378 e. The van der Waals surface area contributed by atoms with Crippen LogP contribution >= 0.6 is 0 Å². The number of fused-ring (bicyclic) bond motifs is 7. The molecule has 4 unspecified atom stereocenters. The number of hydrogen-bond donors (Lipinski definition) is 1. The van der Waals surface area contributed by atoms with Gasteiger partial charge in [0.2, 0.25) is 0 Å². The van der Waals surface area contributed by atoms with E-state index in [1.165, 1.54) is 70.6 Å². The maximum Gasteiger partial charge on any atom is 0.0665 e. The van der Waals surface area contributed by atoms with Crippen LogP contribution in [0.15, 0.2) is 0 Å². The number of hydrogen-bond acceptors (Lipinski definition) is 5. The first kappa shape index (κ1) is 21.6. The second-order valence-corrected chi connectivity index (χ2v) is 10.9. The minimum atomic E-state index is 0.0776. The fourth-order valence-corrected chi connectivity index (χ4v) is 7.47. The van der Waals surface area contributed by atoms with Crippen molar-refractivity contribution in [2.75, 3.05) is 39.5 Å². The Hall–Kier alpha value is -0.200. The van der Waals surface area contributed by atoms with Crippen molar-refractivity contribution >= 4 is 0 Å². The summed E-state index contributed by atoms with van der Waals surface area (Å²) in [5.41, 5.74) is 0.0776. The third-order valence-electron chi connectivity index (χ3n) is 9.06. The predicted molar refractivity (Wildman–Crippen MR) is 119 cm³/mol. The van der Waals surface area contributed by atoms with Gasteiger partial charge in [-0.1, -0.05) is 12.8 Å². The third-order valence-corrected chi connectivity index (χ3v) is 9.06. The molecule has 172 valence electrons. The van der Waals surface area contributed by atoms with E-state index in [2.05, 4.69) is 17.1 Å². The summed E-state index contributed by atoms with van der Waals surface area (Å²) >= 11 is 0. The van der Waals surface area contributed by atoms with Crippen LogP contribution in [-0.2, 0) is 14.2 Å². The van der Waals surface area contributed by atoms with E-state index in [0.29, 0.717) is 24.3 Å². The molecule has 1 spiro atoms. The Morgan fingerprint density at radius 2 is 1.77 bits per heavy atom. The van der Waals surface area contributed by atoms with Crippen molar-refractivity contribution < 1.29 is 14.2 Å². The first-order chi connectivity index (χ1) is 14.8. The second-order valence-electron chi connectivity index (χ2n) is 10.9. The zero-order valence-corrected chi connectivity index (χ0v) is 19.2. The summed E-state index contributed by atoms with van der Waals surface area (Å²) < 4.78 is 19.2. The fourth-order valence-electron chi connectivity index (χ4n) is 7.47. The molecular weight excluding hydrogens is 376 g/mol. The van der Waals surface area contributed by atoms with E-state index in [4.69, 9.17) is 14.2 Å². The predicted octanol–water partition coefficient (Wildman–Crippen LogP) is 3.75. The fraction of sp³-hybridized carbons (Fsp3) is 1.00. The summed E-state index contributed by atoms with van der Waals surface area (Å²) in [5, 5.41) is 3.87. The van der Waals surface area contributed by atoms with E-state index < -0.39 is 0 Å². The molecule has 4 aliphatic heterocycles. The van der Waals surface area contributed by atoms with Gasteiger partial charge in [-0.05, 0) is 83.1 Å². The average molecular weight is 421 g/mol. The van der Waals surface area contributed by atoms with Gasteiger partial charge >= 0.3 is 0 Å². The lowest BCUT2D eigenvalue weighted by molar-refractivity contribution is -0.0633. The van der Waals surface area contributed by atoms with E-state index in [-0.39, 0.29) is 5.54 Å². The zero-order chi connectivity index (χ0) is 20.4. The van der Waals surface area contributed by atoms with Crippen LogP contribution in [-0.4, -0.2) is 74.2 Å². The highest BCUT2D eigenvalue weighted by molar-refractivity contribution is 5.10. The Labute approximate surface area is 183 Å². The first-order valence-corrected chi connectivity index (χ1v) is 13.1. The van der Waals surface area contributed by atoms with E-state index in [1.54, 1.807) is 0 Å². The van der Waals surface area contributed by atoms with Crippen LogP contribution in [0.2, 0.25) is 0 Å². The van der Waals surface area contributed by atoms with Crippen LogP contribution < -0.4 is 5.32 Å². The highest BCUT2D eigenvalue weighted by atomic mass is 16.5. The van der Waals surface area contributed by atoms with Crippen molar-refractivity contribution in [1.82, 2.24) is 10.2 Å². The molecule has 2 bridgehead atoms. The Morgan fingerprint density at radius 1 is 0.900 bits per heavy atom. The van der Waals surface area contributed by atoms with Crippen LogP contribution in [0.5, 0.6) is 0 Å². The summed E-state index contributed by atoms with van der Waals surface area (Å²) in [6, 6.07) is 1.02. The van der Waals surface area contributed by atoms with Crippen molar-refractivity contribution in [3.63, 3.8) is 0 Å². The Bertz CT molecular complexity index is 545. The molecule has 4 heterocycles. The smallest absolute Gasteiger partial charge is 0.0665 e.